The van der Waals surface area contributed by atoms with Crippen LogP contribution >= 0.6 is 0 Å². The van der Waals surface area contributed by atoms with E-state index in [1.165, 1.54) is 6.33 Å². The fourth-order valence-electron chi connectivity index (χ4n) is 4.87. The minimum atomic E-state index is -0.281. The van der Waals surface area contributed by atoms with Gasteiger partial charge in [0.1, 0.15) is 30.3 Å². The Morgan fingerprint density at radius 3 is 2.40 bits per heavy atom. The summed E-state index contributed by atoms with van der Waals surface area (Å²) in [6.07, 6.45) is 2.28. The van der Waals surface area contributed by atoms with Crippen LogP contribution in [0.15, 0.2) is 95.7 Å². The Kier molecular flexibility index (Phi) is 9.07. The molecule has 0 radical (unpaired) electrons. The minimum Gasteiger partial charge on any atom is -0.492 e. The molecule has 2 aromatic heterocycles. The first kappa shape index (κ1) is 28.2. The second kappa shape index (κ2) is 13.8. The molecule has 10 nitrogen and oxygen atoms in total. The number of nitrogens with one attached hydrogen (secondary N) is 3. The van der Waals surface area contributed by atoms with Crippen LogP contribution in [0.4, 0.5) is 22.0 Å². The van der Waals surface area contributed by atoms with Crippen LogP contribution in [0.5, 0.6) is 5.75 Å². The maximum Gasteiger partial charge on any atom is 0.323 e. The van der Waals surface area contributed by atoms with Crippen molar-refractivity contribution in [3.05, 3.63) is 96.8 Å². The Morgan fingerprint density at radius 1 is 0.884 bits per heavy atom. The number of furan rings is 1. The number of anilines is 3. The molecule has 0 aliphatic carbocycles. The van der Waals surface area contributed by atoms with E-state index in [0.717, 1.165) is 84.5 Å². The Morgan fingerprint density at radius 2 is 1.63 bits per heavy atom. The van der Waals surface area contributed by atoms with Gasteiger partial charge in [-0.3, -0.25) is 4.90 Å². The van der Waals surface area contributed by atoms with Crippen molar-refractivity contribution in [3.63, 3.8) is 0 Å². The largest absolute Gasteiger partial charge is 0.492 e. The van der Waals surface area contributed by atoms with Gasteiger partial charge in [0.2, 0.25) is 5.71 Å². The second-order valence-electron chi connectivity index (χ2n) is 10.2. The number of benzene rings is 3. The summed E-state index contributed by atoms with van der Waals surface area (Å²) in [5.41, 5.74) is 4.07. The number of rotatable bonds is 11. The van der Waals surface area contributed by atoms with Crippen LogP contribution in [-0.2, 0) is 11.2 Å². The van der Waals surface area contributed by atoms with Crippen LogP contribution in [0.2, 0.25) is 0 Å². The number of morpholine rings is 1. The minimum absolute atomic E-state index is 0.281. The van der Waals surface area contributed by atoms with Crippen molar-refractivity contribution < 1.29 is 18.7 Å². The van der Waals surface area contributed by atoms with Crippen LogP contribution in [0.3, 0.4) is 0 Å². The molecule has 1 saturated heterocycles. The Balaban J connectivity index is 1.00. The highest BCUT2D eigenvalue weighted by Gasteiger charge is 2.13. The smallest absolute Gasteiger partial charge is 0.323 e. The number of ether oxygens (including phenoxy) is 2. The van der Waals surface area contributed by atoms with Crippen molar-refractivity contribution in [2.75, 3.05) is 62.0 Å². The van der Waals surface area contributed by atoms with E-state index >= 15 is 0 Å². The van der Waals surface area contributed by atoms with Crippen molar-refractivity contribution in [2.45, 2.75) is 6.42 Å². The lowest BCUT2D eigenvalue weighted by atomic mass is 10.1. The summed E-state index contributed by atoms with van der Waals surface area (Å²) in [6.45, 7) is 5.69. The van der Waals surface area contributed by atoms with Crippen molar-refractivity contribution in [1.29, 1.82) is 0 Å². The lowest BCUT2D eigenvalue weighted by Gasteiger charge is -2.26. The molecule has 0 spiro atoms. The van der Waals surface area contributed by atoms with Crippen molar-refractivity contribution in [1.82, 2.24) is 14.9 Å². The van der Waals surface area contributed by atoms with Gasteiger partial charge in [-0.1, -0.05) is 30.3 Å². The first-order valence-corrected chi connectivity index (χ1v) is 14.4. The molecule has 0 atom stereocenters. The lowest BCUT2D eigenvalue weighted by molar-refractivity contribution is 0.0322. The van der Waals surface area contributed by atoms with Crippen molar-refractivity contribution in [2.24, 2.45) is 0 Å². The van der Waals surface area contributed by atoms with E-state index in [0.29, 0.717) is 18.9 Å². The standard InChI is InChI=1S/C33H34N6O4/c40-33(37-26-4-2-1-3-5-26)38-27-10-6-24(7-11-27)14-15-34-31-29-22-30(43-32(29)36-23-35-31)25-8-12-28(13-9-25)42-21-18-39-16-19-41-20-17-39/h1-13,22-23H,14-21H2,(H,34,35,36)(H2,37,38,40). The number of fused-ring (bicyclic) bond motifs is 1. The predicted molar refractivity (Wildman–Crippen MR) is 168 cm³/mol. The van der Waals surface area contributed by atoms with Gasteiger partial charge < -0.3 is 29.8 Å². The number of hydrogen-bond acceptors (Lipinski definition) is 8. The molecule has 1 aliphatic rings. The highest BCUT2D eigenvalue weighted by Crippen LogP contribution is 2.31. The number of amides is 2. The quantitative estimate of drug-likeness (QED) is 0.178. The summed E-state index contributed by atoms with van der Waals surface area (Å²) < 4.78 is 17.4. The number of para-hydroxylation sites is 1. The van der Waals surface area contributed by atoms with Gasteiger partial charge in [-0.2, -0.15) is 0 Å². The van der Waals surface area contributed by atoms with Gasteiger partial charge in [0.25, 0.3) is 0 Å². The lowest BCUT2D eigenvalue weighted by Crippen LogP contribution is -2.38. The highest BCUT2D eigenvalue weighted by molar-refractivity contribution is 5.99. The van der Waals surface area contributed by atoms with Gasteiger partial charge >= 0.3 is 6.03 Å². The maximum atomic E-state index is 12.2. The number of nitrogens with zero attached hydrogens (tertiary/aromatic N) is 3. The summed E-state index contributed by atoms with van der Waals surface area (Å²) in [6, 6.07) is 26.7. The van der Waals surface area contributed by atoms with Gasteiger partial charge in [0.05, 0.1) is 18.6 Å². The molecule has 0 unspecified atom stereocenters. The van der Waals surface area contributed by atoms with Gasteiger partial charge in [-0.25, -0.2) is 14.8 Å². The Hall–Kier alpha value is -4.93. The number of carbonyl (C=O) groups excluding carboxylic acids is 1. The summed E-state index contributed by atoms with van der Waals surface area (Å²) in [7, 11) is 0. The first-order valence-electron chi connectivity index (χ1n) is 14.4. The Bertz CT molecular complexity index is 1620. The SMILES string of the molecule is O=C(Nc1ccccc1)Nc1ccc(CCNc2ncnc3oc(-c4ccc(OCCN5CCOCC5)cc4)cc23)cc1. The van der Waals surface area contributed by atoms with Crippen LogP contribution in [0.25, 0.3) is 22.4 Å². The molecular weight excluding hydrogens is 544 g/mol. The van der Waals surface area contributed by atoms with E-state index in [2.05, 4.69) is 30.8 Å². The highest BCUT2D eigenvalue weighted by atomic mass is 16.5. The number of carbonyl (C=O) groups is 1. The third-order valence-corrected chi connectivity index (χ3v) is 7.20. The van der Waals surface area contributed by atoms with E-state index in [4.69, 9.17) is 13.9 Å². The van der Waals surface area contributed by atoms with Crippen molar-refractivity contribution >= 4 is 34.3 Å². The van der Waals surface area contributed by atoms with E-state index in [1.54, 1.807) is 0 Å². The van der Waals surface area contributed by atoms with Gasteiger partial charge in [0, 0.05) is 43.1 Å². The van der Waals surface area contributed by atoms with Gasteiger partial charge in [-0.05, 0) is 66.6 Å². The van der Waals surface area contributed by atoms with E-state index in [9.17, 15) is 4.79 Å². The fourth-order valence-corrected chi connectivity index (χ4v) is 4.87. The second-order valence-corrected chi connectivity index (χ2v) is 10.2. The molecule has 3 aromatic carbocycles. The molecule has 10 heteroatoms. The maximum absolute atomic E-state index is 12.2. The summed E-state index contributed by atoms with van der Waals surface area (Å²) in [5.74, 6) is 2.27. The first-order chi connectivity index (χ1) is 21.2. The molecule has 3 N–H and O–H groups in total. The topological polar surface area (TPSA) is 114 Å². The average Bonchev–Trinajstić information content (AvgIpc) is 3.49. The molecule has 1 fully saturated rings. The predicted octanol–water partition coefficient (Wildman–Crippen LogP) is 5.90. The third-order valence-electron chi connectivity index (χ3n) is 7.20. The molecule has 6 rings (SSSR count). The summed E-state index contributed by atoms with van der Waals surface area (Å²) >= 11 is 0. The summed E-state index contributed by atoms with van der Waals surface area (Å²) in [5, 5.41) is 9.91. The normalized spacial score (nSPS) is 13.5. The Labute approximate surface area is 250 Å². The monoisotopic (exact) mass is 578 g/mol. The fraction of sp³-hybridized carbons (Fsp3) is 0.242. The molecule has 5 aromatic rings. The van der Waals surface area contributed by atoms with Gasteiger partial charge in [-0.15, -0.1) is 0 Å². The van der Waals surface area contributed by atoms with Crippen LogP contribution < -0.4 is 20.7 Å². The average molecular weight is 579 g/mol. The molecular formula is C33H34N6O4. The zero-order valence-corrected chi connectivity index (χ0v) is 23.8. The third kappa shape index (κ3) is 7.68. The van der Waals surface area contributed by atoms with E-state index in [1.807, 2.05) is 84.9 Å². The summed E-state index contributed by atoms with van der Waals surface area (Å²) in [4.78, 5) is 23.4. The van der Waals surface area contributed by atoms with Crippen molar-refractivity contribution in [3.8, 4) is 17.1 Å². The number of urea groups is 1. The van der Waals surface area contributed by atoms with Crippen LogP contribution in [-0.4, -0.2) is 66.9 Å². The zero-order chi connectivity index (χ0) is 29.3. The molecule has 43 heavy (non-hydrogen) atoms. The van der Waals surface area contributed by atoms with E-state index < -0.39 is 0 Å². The molecule has 3 heterocycles. The molecule has 220 valence electrons. The number of aromatic nitrogens is 2. The van der Waals surface area contributed by atoms with Crippen LogP contribution in [0, 0.1) is 0 Å². The molecule has 2 amide bonds. The molecule has 0 bridgehead atoms. The zero-order valence-electron chi connectivity index (χ0n) is 23.8. The van der Waals surface area contributed by atoms with E-state index in [-0.39, 0.29) is 6.03 Å². The molecule has 1 aliphatic heterocycles. The number of hydrogen-bond donors (Lipinski definition) is 3. The van der Waals surface area contributed by atoms with Crippen LogP contribution in [0.1, 0.15) is 5.56 Å². The molecule has 0 saturated carbocycles. The van der Waals surface area contributed by atoms with Gasteiger partial charge in [0.15, 0.2) is 0 Å².